The Kier molecular flexibility index (Phi) is 8.58. The van der Waals surface area contributed by atoms with Gasteiger partial charge in [0.05, 0.1) is 11.2 Å². The van der Waals surface area contributed by atoms with Gasteiger partial charge in [-0.25, -0.2) is 4.98 Å². The van der Waals surface area contributed by atoms with Gasteiger partial charge < -0.3 is 4.90 Å². The van der Waals surface area contributed by atoms with Gasteiger partial charge in [0, 0.05) is 33.5 Å². The highest BCUT2D eigenvalue weighted by Gasteiger charge is 2.31. The molecule has 0 spiro atoms. The van der Waals surface area contributed by atoms with Crippen LogP contribution in [0.25, 0.3) is 53.9 Å². The van der Waals surface area contributed by atoms with E-state index in [4.69, 9.17) is 4.98 Å². The molecule has 3 heteroatoms. The summed E-state index contributed by atoms with van der Waals surface area (Å²) in [7, 11) is 0. The number of aromatic nitrogens is 1. The summed E-state index contributed by atoms with van der Waals surface area (Å²) in [4.78, 5) is 9.99. The Bertz CT molecular complexity index is 2930. The Morgan fingerprint density at radius 2 is 1.13 bits per heavy atom. The van der Waals surface area contributed by atoms with Crippen LogP contribution >= 0.6 is 0 Å². The first-order chi connectivity index (χ1) is 26.8. The van der Waals surface area contributed by atoms with E-state index in [2.05, 4.69) is 214 Å². The van der Waals surface area contributed by atoms with Crippen LogP contribution in [0.4, 0.5) is 28.6 Å². The molecule has 3 nitrogen and oxygen atoms in total. The Morgan fingerprint density at radius 3 is 1.75 bits per heavy atom. The van der Waals surface area contributed by atoms with Crippen molar-refractivity contribution in [3.05, 3.63) is 181 Å². The number of benzene rings is 8. The molecule has 0 aliphatic rings. The monoisotopic (exact) mass is 711 g/mol. The predicted molar refractivity (Wildman–Crippen MR) is 238 cm³/mol. The van der Waals surface area contributed by atoms with Gasteiger partial charge in [0.25, 0.3) is 0 Å². The summed E-state index contributed by atoms with van der Waals surface area (Å²) < 4.78 is 0. The molecule has 0 N–H and O–H groups in total. The Labute approximate surface area is 323 Å². The second-order valence-corrected chi connectivity index (χ2v) is 15.3. The van der Waals surface area contributed by atoms with Crippen LogP contribution in [0.3, 0.4) is 0 Å². The molecule has 0 fully saturated rings. The van der Waals surface area contributed by atoms with E-state index in [-0.39, 0.29) is 5.54 Å². The van der Waals surface area contributed by atoms with E-state index < -0.39 is 0 Å². The van der Waals surface area contributed by atoms with Gasteiger partial charge in [-0.3, -0.25) is 4.90 Å². The standard InChI is InChI=1S/C52H45N3/c1-6-52(5,32-12-13-35(2)3)55(44-27-21-38-16-8-10-18-42(38)34-44)48-31-25-40-22-28-45-47(30-24-39-23-29-46(48)51(40)50(39)45)54(49-19-11-14-36(4)53-49)43-26-20-37-15-7-9-17-41(37)33-43/h7-34H,6H2,1-5H3/b32-12-. The van der Waals surface area contributed by atoms with Crippen molar-refractivity contribution >= 4 is 82.4 Å². The number of allylic oxidation sites excluding steroid dienone is 3. The smallest absolute Gasteiger partial charge is 0.137 e. The van der Waals surface area contributed by atoms with Crippen molar-refractivity contribution in [2.75, 3.05) is 9.80 Å². The normalized spacial score (nSPS) is 13.0. The number of pyridine rings is 1. The zero-order chi connectivity index (χ0) is 37.7. The molecule has 0 saturated heterocycles. The number of hydrogen-bond donors (Lipinski definition) is 0. The largest absolute Gasteiger partial charge is 0.331 e. The Morgan fingerprint density at radius 1 is 0.582 bits per heavy atom. The predicted octanol–water partition coefficient (Wildman–Crippen LogP) is 14.9. The third-order valence-corrected chi connectivity index (χ3v) is 11.3. The second kappa shape index (κ2) is 13.8. The molecular formula is C52H45N3. The first kappa shape index (κ1) is 34.3. The molecule has 0 bridgehead atoms. The van der Waals surface area contributed by atoms with Gasteiger partial charge in [-0.15, -0.1) is 0 Å². The molecule has 8 aromatic carbocycles. The fourth-order valence-electron chi connectivity index (χ4n) is 8.35. The summed E-state index contributed by atoms with van der Waals surface area (Å²) in [6, 6.07) is 55.6. The maximum atomic E-state index is 5.09. The minimum Gasteiger partial charge on any atom is -0.331 e. The van der Waals surface area contributed by atoms with Crippen molar-refractivity contribution in [1.82, 2.24) is 4.98 Å². The van der Waals surface area contributed by atoms with Crippen LogP contribution in [0.15, 0.2) is 175 Å². The van der Waals surface area contributed by atoms with E-state index in [0.29, 0.717) is 0 Å². The van der Waals surface area contributed by atoms with Crippen molar-refractivity contribution in [2.24, 2.45) is 0 Å². The maximum absolute atomic E-state index is 5.09. The van der Waals surface area contributed by atoms with Crippen LogP contribution in [0.1, 0.15) is 39.8 Å². The molecule has 0 radical (unpaired) electrons. The summed E-state index contributed by atoms with van der Waals surface area (Å²) in [6.07, 6.45) is 7.74. The summed E-state index contributed by atoms with van der Waals surface area (Å²) in [5, 5.41) is 12.3. The first-order valence-electron chi connectivity index (χ1n) is 19.4. The lowest BCUT2D eigenvalue weighted by molar-refractivity contribution is 0.548. The molecule has 55 heavy (non-hydrogen) atoms. The Balaban J connectivity index is 1.31. The summed E-state index contributed by atoms with van der Waals surface area (Å²) >= 11 is 0. The van der Waals surface area contributed by atoms with Crippen LogP contribution in [0.2, 0.25) is 0 Å². The molecule has 1 atom stereocenters. The second-order valence-electron chi connectivity index (χ2n) is 15.3. The molecule has 1 aromatic heterocycles. The van der Waals surface area contributed by atoms with Gasteiger partial charge >= 0.3 is 0 Å². The fourth-order valence-corrected chi connectivity index (χ4v) is 8.35. The summed E-state index contributed by atoms with van der Waals surface area (Å²) in [5.41, 5.74) is 6.51. The highest BCUT2D eigenvalue weighted by molar-refractivity contribution is 6.28. The highest BCUT2D eigenvalue weighted by atomic mass is 15.2. The van der Waals surface area contributed by atoms with Crippen LogP contribution in [-0.4, -0.2) is 10.5 Å². The zero-order valence-electron chi connectivity index (χ0n) is 32.2. The maximum Gasteiger partial charge on any atom is 0.137 e. The van der Waals surface area contributed by atoms with Crippen LogP contribution in [0, 0.1) is 6.92 Å². The number of rotatable bonds is 9. The SMILES string of the molecule is CCC(C)(/C=C\C=C(C)C)N(c1ccc2ccccc2c1)c1ccc2ccc3c(N(c4ccc5ccccc5c4)c4cccc(C)n4)ccc4ccc1c2c43. The lowest BCUT2D eigenvalue weighted by Gasteiger charge is -2.42. The van der Waals surface area contributed by atoms with E-state index in [9.17, 15) is 0 Å². The number of anilines is 5. The quantitative estimate of drug-likeness (QED) is 0.110. The lowest BCUT2D eigenvalue weighted by atomic mass is 9.89. The van der Waals surface area contributed by atoms with Crippen LogP contribution in [0.5, 0.6) is 0 Å². The van der Waals surface area contributed by atoms with Gasteiger partial charge in [0.2, 0.25) is 0 Å². The number of hydrogen-bond acceptors (Lipinski definition) is 3. The molecule has 9 rings (SSSR count). The van der Waals surface area contributed by atoms with Gasteiger partial charge in [0.15, 0.2) is 0 Å². The van der Waals surface area contributed by atoms with E-state index in [1.54, 1.807) is 0 Å². The number of nitrogens with zero attached hydrogens (tertiary/aromatic N) is 3. The molecule has 1 heterocycles. The zero-order valence-corrected chi connectivity index (χ0v) is 32.2. The van der Waals surface area contributed by atoms with Crippen molar-refractivity contribution < 1.29 is 0 Å². The van der Waals surface area contributed by atoms with E-state index in [0.717, 1.165) is 29.3 Å². The van der Waals surface area contributed by atoms with Gasteiger partial charge in [-0.05, 0) is 126 Å². The lowest BCUT2D eigenvalue weighted by Crippen LogP contribution is -2.41. The van der Waals surface area contributed by atoms with Crippen LogP contribution in [-0.2, 0) is 0 Å². The molecule has 0 aliphatic heterocycles. The summed E-state index contributed by atoms with van der Waals surface area (Å²) in [6.45, 7) is 11.0. The number of fused-ring (bicyclic) bond motifs is 2. The van der Waals surface area contributed by atoms with Crippen LogP contribution < -0.4 is 9.80 Å². The molecule has 0 amide bonds. The molecule has 0 aliphatic carbocycles. The Hall–Kier alpha value is -6.45. The van der Waals surface area contributed by atoms with Gasteiger partial charge in [-0.2, -0.15) is 0 Å². The average molecular weight is 712 g/mol. The third-order valence-electron chi connectivity index (χ3n) is 11.3. The fraction of sp³-hybridized carbons (Fsp3) is 0.135. The van der Waals surface area contributed by atoms with E-state index in [1.165, 1.54) is 70.8 Å². The minimum atomic E-state index is -0.313. The van der Waals surface area contributed by atoms with Gasteiger partial charge in [-0.1, -0.05) is 134 Å². The summed E-state index contributed by atoms with van der Waals surface area (Å²) in [5.74, 6) is 0.898. The van der Waals surface area contributed by atoms with E-state index >= 15 is 0 Å². The average Bonchev–Trinajstić information content (AvgIpc) is 3.20. The number of aryl methyl sites for hydroxylation is 1. The van der Waals surface area contributed by atoms with Crippen molar-refractivity contribution in [2.45, 2.75) is 46.6 Å². The van der Waals surface area contributed by atoms with Crippen molar-refractivity contribution in [3.8, 4) is 0 Å². The molecule has 0 saturated carbocycles. The van der Waals surface area contributed by atoms with E-state index in [1.807, 2.05) is 0 Å². The van der Waals surface area contributed by atoms with Crippen molar-refractivity contribution in [1.29, 1.82) is 0 Å². The molecule has 9 aromatic rings. The van der Waals surface area contributed by atoms with Gasteiger partial charge in [0.1, 0.15) is 5.82 Å². The molecule has 268 valence electrons. The van der Waals surface area contributed by atoms with Crippen molar-refractivity contribution in [3.63, 3.8) is 0 Å². The topological polar surface area (TPSA) is 19.4 Å². The minimum absolute atomic E-state index is 0.313. The first-order valence-corrected chi connectivity index (χ1v) is 19.4. The molecule has 1 unspecified atom stereocenters. The highest BCUT2D eigenvalue weighted by Crippen LogP contribution is 2.48. The third kappa shape index (κ3) is 6.06. The molecular weight excluding hydrogens is 667 g/mol.